The fourth-order valence-corrected chi connectivity index (χ4v) is 18.7. The number of fused-ring (bicyclic) bond motifs is 8. The van der Waals surface area contributed by atoms with E-state index in [0.717, 1.165) is 89.7 Å². The van der Waals surface area contributed by atoms with Crippen LogP contribution in [0.4, 0.5) is 0 Å². The Bertz CT molecular complexity index is 4890. The van der Waals surface area contributed by atoms with Gasteiger partial charge in [0.25, 0.3) is 0 Å². The molecule has 0 saturated carbocycles. The maximum atomic E-state index is 6.33. The van der Waals surface area contributed by atoms with E-state index >= 15 is 0 Å². The zero-order valence-corrected chi connectivity index (χ0v) is 73.0. The predicted molar refractivity (Wildman–Crippen MR) is 486 cm³/mol. The fraction of sp³-hybridized carbons (Fsp3) is 0.418. The topological polar surface area (TPSA) is 80.4 Å². The maximum absolute atomic E-state index is 6.33. The molecule has 8 nitrogen and oxygen atoms in total. The van der Waals surface area contributed by atoms with E-state index < -0.39 is 5.41 Å². The molecule has 0 N–H and O–H groups in total. The van der Waals surface area contributed by atoms with E-state index in [-0.39, 0.29) is 27.4 Å². The van der Waals surface area contributed by atoms with Crippen LogP contribution in [0.15, 0.2) is 207 Å². The van der Waals surface area contributed by atoms with Crippen molar-refractivity contribution >= 4 is 0 Å². The molecular formula is C110H128O8. The second-order valence-electron chi connectivity index (χ2n) is 36.7. The van der Waals surface area contributed by atoms with Gasteiger partial charge in [-0.05, 0) is 330 Å². The van der Waals surface area contributed by atoms with E-state index in [9.17, 15) is 0 Å². The molecule has 118 heavy (non-hydrogen) atoms. The van der Waals surface area contributed by atoms with Crippen LogP contribution in [0.5, 0.6) is 11.5 Å². The Morgan fingerprint density at radius 1 is 0.364 bits per heavy atom. The highest BCUT2D eigenvalue weighted by atomic mass is 16.6. The Hall–Kier alpha value is -8.96. The summed E-state index contributed by atoms with van der Waals surface area (Å²) < 4.78 is 46.9. The van der Waals surface area contributed by atoms with Gasteiger partial charge < -0.3 is 37.9 Å². The van der Waals surface area contributed by atoms with Crippen molar-refractivity contribution in [1.29, 1.82) is 0 Å². The molecular weight excluding hydrogens is 1450 g/mol. The highest BCUT2D eigenvalue weighted by Gasteiger charge is 2.49. The van der Waals surface area contributed by atoms with Gasteiger partial charge in [-0.1, -0.05) is 206 Å². The number of hydrogen-bond donors (Lipinski definition) is 0. The monoisotopic (exact) mass is 1580 g/mol. The lowest BCUT2D eigenvalue weighted by atomic mass is 9.67. The van der Waals surface area contributed by atoms with Crippen molar-refractivity contribution in [3.05, 3.63) is 319 Å². The SMILES string of the molecule is C=CCCCCc1cc(C)c(CCCCC=C)cc1C.CCC1(COc2ccc(C3(c4ccc(OCC5(CC)COC5)cc4)c4cc(C)ccc4-c4ccc(C)cc43)cc2)COC1.Cc1cc(-c2ccc3c(c2)CC3)c(C)cc1-c1ccc2c(c1)CC2.Cc1ccc2c(c1)C(CCOCC1(C)CO1)(CCOCC1(C)CO1)c1cc(C)ccc1-2. The molecule has 0 amide bonds. The van der Waals surface area contributed by atoms with Crippen molar-refractivity contribution < 1.29 is 37.9 Å². The van der Waals surface area contributed by atoms with Gasteiger partial charge in [-0.15, -0.1) is 13.2 Å². The highest BCUT2D eigenvalue weighted by Crippen LogP contribution is 2.58. The van der Waals surface area contributed by atoms with E-state index in [1.807, 2.05) is 12.2 Å². The molecule has 0 spiro atoms. The average Bonchev–Trinajstić information content (AvgIpc) is 1.53. The Morgan fingerprint density at radius 3 is 1.05 bits per heavy atom. The first-order chi connectivity index (χ1) is 57.1. The van der Waals surface area contributed by atoms with E-state index in [0.29, 0.717) is 39.6 Å². The smallest absolute Gasteiger partial charge is 0.119 e. The molecule has 4 aliphatic heterocycles. The molecule has 4 heterocycles. The van der Waals surface area contributed by atoms with Crippen LogP contribution in [0.3, 0.4) is 0 Å². The first kappa shape index (κ1) is 84.1. The van der Waals surface area contributed by atoms with Crippen LogP contribution in [0.2, 0.25) is 0 Å². The number of aryl methyl sites for hydroxylation is 14. The van der Waals surface area contributed by atoms with Crippen molar-refractivity contribution in [2.75, 3.05) is 79.3 Å². The highest BCUT2D eigenvalue weighted by molar-refractivity contribution is 5.87. The maximum Gasteiger partial charge on any atom is 0.119 e. The summed E-state index contributed by atoms with van der Waals surface area (Å²) in [5, 5.41) is 0. The quantitative estimate of drug-likeness (QED) is 0.0234. The summed E-state index contributed by atoms with van der Waals surface area (Å²) in [5.74, 6) is 1.80. The number of allylic oxidation sites excluding steroid dienone is 2. The summed E-state index contributed by atoms with van der Waals surface area (Å²) in [6.45, 7) is 42.8. The van der Waals surface area contributed by atoms with Crippen molar-refractivity contribution in [2.24, 2.45) is 10.8 Å². The van der Waals surface area contributed by atoms with E-state index in [1.54, 1.807) is 0 Å². The number of epoxide rings is 2. The molecule has 2 unspecified atom stereocenters. The van der Waals surface area contributed by atoms with Gasteiger partial charge in [0.2, 0.25) is 0 Å². The first-order valence-electron chi connectivity index (χ1n) is 44.3. The normalized spacial score (nSPS) is 18.6. The summed E-state index contributed by atoms with van der Waals surface area (Å²) in [7, 11) is 0. The molecule has 8 heteroatoms. The van der Waals surface area contributed by atoms with Gasteiger partial charge in [0, 0.05) is 18.6 Å². The lowest BCUT2D eigenvalue weighted by molar-refractivity contribution is -0.133. The summed E-state index contributed by atoms with van der Waals surface area (Å²) in [6.07, 6.45) is 22.8. The molecule has 2 atom stereocenters. The number of rotatable bonds is 32. The molecule has 4 fully saturated rings. The van der Waals surface area contributed by atoms with E-state index in [2.05, 4.69) is 278 Å². The van der Waals surface area contributed by atoms with Crippen LogP contribution in [-0.4, -0.2) is 90.5 Å². The molecule has 0 bridgehead atoms. The summed E-state index contributed by atoms with van der Waals surface area (Å²) in [4.78, 5) is 0. The lowest BCUT2D eigenvalue weighted by Gasteiger charge is -2.40. The zero-order chi connectivity index (χ0) is 82.4. The Labute approximate surface area is 706 Å². The second kappa shape index (κ2) is 36.2. The van der Waals surface area contributed by atoms with Gasteiger partial charge in [-0.2, -0.15) is 0 Å². The number of benzene rings is 10. The Kier molecular flexibility index (Phi) is 25.8. The molecule has 18 rings (SSSR count). The molecule has 4 aliphatic carbocycles. The molecule has 616 valence electrons. The molecule has 8 aliphatic rings. The second-order valence-corrected chi connectivity index (χ2v) is 36.7. The molecule has 10 aromatic carbocycles. The van der Waals surface area contributed by atoms with E-state index in [1.165, 1.54) is 220 Å². The van der Waals surface area contributed by atoms with Crippen molar-refractivity contribution in [1.82, 2.24) is 0 Å². The summed E-state index contributed by atoms with van der Waals surface area (Å²) >= 11 is 0. The van der Waals surface area contributed by atoms with Crippen LogP contribution in [0.25, 0.3) is 44.5 Å². The lowest BCUT2D eigenvalue weighted by Crippen LogP contribution is -2.46. The van der Waals surface area contributed by atoms with Gasteiger partial charge >= 0.3 is 0 Å². The van der Waals surface area contributed by atoms with Crippen molar-refractivity contribution in [3.8, 4) is 56.0 Å². The standard InChI is InChI=1S/C39H42O4.C27H34O4.C24H22.C20H30/c1-5-37(21-40-22-37)25-42-31-13-9-29(10-14-31)39(30-11-15-32(16-12-30)43-26-38(6-2)23-41-24-38)35-19-27(3)7-17-33(35)34-18-8-28(4)20-36(34)39;1-19-5-7-21-22-8-6-20(2)14-24(22)27(23(21)13-19,9-11-28-15-25(3)17-30-25)10-12-29-16-26(4)18-31-26;1-15-11-24(22-10-6-18-4-8-20(18)14-22)16(2)12-23(15)21-9-5-17-3-7-19(17)13-21;1-5-7-9-11-13-19-15-18(4)20(16-17(19)3)14-12-10-8-6-2/h7-20H,5-6,21-26H2,1-4H3;5-8,13-14H,9-12,15-18H2,1-4H3;5-6,9-14H,3-4,7-8H2,1-2H3;5-6,15-16H,1-2,7-14H2,3-4H3. The predicted octanol–water partition coefficient (Wildman–Crippen LogP) is 25.2. The van der Waals surface area contributed by atoms with Gasteiger partial charge in [-0.25, -0.2) is 0 Å². The third kappa shape index (κ3) is 18.2. The Balaban J connectivity index is 0.000000129. The summed E-state index contributed by atoms with van der Waals surface area (Å²) in [5.41, 5.74) is 38.3. The largest absolute Gasteiger partial charge is 0.493 e. The minimum atomic E-state index is -0.460. The first-order valence-corrected chi connectivity index (χ1v) is 44.3. The van der Waals surface area contributed by atoms with Crippen LogP contribution >= 0.6 is 0 Å². The Morgan fingerprint density at radius 2 is 0.729 bits per heavy atom. The third-order valence-corrected chi connectivity index (χ3v) is 27.3. The van der Waals surface area contributed by atoms with Gasteiger partial charge in [0.05, 0.1) is 82.3 Å². The summed E-state index contributed by atoms with van der Waals surface area (Å²) in [6, 6.07) is 68.8. The van der Waals surface area contributed by atoms with Crippen LogP contribution in [0, 0.1) is 66.2 Å². The average molecular weight is 1580 g/mol. The van der Waals surface area contributed by atoms with Crippen LogP contribution in [-0.2, 0) is 77.8 Å². The van der Waals surface area contributed by atoms with Crippen LogP contribution < -0.4 is 9.47 Å². The molecule has 0 aromatic heterocycles. The van der Waals surface area contributed by atoms with Gasteiger partial charge in [0.1, 0.15) is 22.7 Å². The minimum Gasteiger partial charge on any atom is -0.493 e. The van der Waals surface area contributed by atoms with Gasteiger partial charge in [0.15, 0.2) is 0 Å². The van der Waals surface area contributed by atoms with Gasteiger partial charge in [-0.3, -0.25) is 0 Å². The molecule has 10 aromatic rings. The van der Waals surface area contributed by atoms with Crippen molar-refractivity contribution in [3.63, 3.8) is 0 Å². The zero-order valence-electron chi connectivity index (χ0n) is 73.0. The van der Waals surface area contributed by atoms with Crippen LogP contribution in [0.1, 0.15) is 203 Å². The minimum absolute atomic E-state index is 0.0748. The molecule has 4 saturated heterocycles. The number of unbranched alkanes of at least 4 members (excludes halogenated alkanes) is 4. The van der Waals surface area contributed by atoms with E-state index in [4.69, 9.17) is 37.9 Å². The number of hydrogen-bond acceptors (Lipinski definition) is 8. The molecule has 0 radical (unpaired) electrons. The number of ether oxygens (including phenoxy) is 8. The fourth-order valence-electron chi connectivity index (χ4n) is 18.7. The van der Waals surface area contributed by atoms with Crippen molar-refractivity contribution in [2.45, 2.75) is 208 Å². The third-order valence-electron chi connectivity index (χ3n) is 27.3.